The third kappa shape index (κ3) is 3.63. The molecule has 1 N–H and O–H groups in total. The summed E-state index contributed by atoms with van der Waals surface area (Å²) in [6.07, 6.45) is 4.51. The lowest BCUT2D eigenvalue weighted by atomic mass is 9.87. The molecule has 2 aromatic rings. The van der Waals surface area contributed by atoms with Gasteiger partial charge in [-0.1, -0.05) is 45.0 Å². The number of nitrogens with zero attached hydrogens (tertiary/aromatic N) is 2. The van der Waals surface area contributed by atoms with Gasteiger partial charge in [0, 0.05) is 18.9 Å². The molecular formula is C16H19N3O. The predicted octanol–water partition coefficient (Wildman–Crippen LogP) is 2.70. The molecule has 0 fully saturated rings. The van der Waals surface area contributed by atoms with Gasteiger partial charge in [0.15, 0.2) is 0 Å². The number of nitrogens with one attached hydrogen (secondary N) is 1. The molecule has 0 radical (unpaired) electrons. The zero-order valence-electron chi connectivity index (χ0n) is 12.1. The van der Waals surface area contributed by atoms with Gasteiger partial charge < -0.3 is 5.32 Å². The molecule has 4 nitrogen and oxygen atoms in total. The number of carbonyl (C=O) groups is 1. The van der Waals surface area contributed by atoms with Crippen LogP contribution in [0.1, 0.15) is 42.4 Å². The van der Waals surface area contributed by atoms with E-state index < -0.39 is 0 Å². The molecule has 1 aromatic heterocycles. The number of aromatic nitrogens is 2. The van der Waals surface area contributed by atoms with Gasteiger partial charge in [-0.25, -0.2) is 4.98 Å². The van der Waals surface area contributed by atoms with Crippen molar-refractivity contribution < 1.29 is 4.79 Å². The van der Waals surface area contributed by atoms with Crippen LogP contribution < -0.4 is 5.32 Å². The van der Waals surface area contributed by atoms with Gasteiger partial charge in [-0.2, -0.15) is 0 Å². The molecule has 0 aliphatic rings. The van der Waals surface area contributed by atoms with Crippen LogP contribution in [0.2, 0.25) is 0 Å². The first kappa shape index (κ1) is 14.2. The van der Waals surface area contributed by atoms with E-state index in [1.165, 1.54) is 18.0 Å². The number of hydrogen-bond donors (Lipinski definition) is 1. The minimum Gasteiger partial charge on any atom is -0.347 e. The molecule has 1 aromatic carbocycles. The highest BCUT2D eigenvalue weighted by Crippen LogP contribution is 2.22. The topological polar surface area (TPSA) is 54.9 Å². The third-order valence-electron chi connectivity index (χ3n) is 3.07. The summed E-state index contributed by atoms with van der Waals surface area (Å²) in [4.78, 5) is 19.7. The zero-order chi connectivity index (χ0) is 14.6. The molecule has 0 spiro atoms. The van der Waals surface area contributed by atoms with Crippen LogP contribution in [-0.4, -0.2) is 15.9 Å². The predicted molar refractivity (Wildman–Crippen MR) is 78.3 cm³/mol. The molecule has 2 rings (SSSR count). The van der Waals surface area contributed by atoms with Crippen LogP contribution in [0.5, 0.6) is 0 Å². The first-order chi connectivity index (χ1) is 9.47. The first-order valence-electron chi connectivity index (χ1n) is 6.60. The van der Waals surface area contributed by atoms with Crippen molar-refractivity contribution in [1.82, 2.24) is 15.3 Å². The molecule has 4 heteroatoms. The smallest absolute Gasteiger partial charge is 0.271 e. The van der Waals surface area contributed by atoms with Gasteiger partial charge in [0.25, 0.3) is 5.91 Å². The Labute approximate surface area is 119 Å². The van der Waals surface area contributed by atoms with Crippen LogP contribution >= 0.6 is 0 Å². The second-order valence-corrected chi connectivity index (χ2v) is 5.72. The molecule has 0 atom stereocenters. The first-order valence-corrected chi connectivity index (χ1v) is 6.60. The fraction of sp³-hybridized carbons (Fsp3) is 0.312. The van der Waals surface area contributed by atoms with Crippen LogP contribution in [0.4, 0.5) is 0 Å². The van der Waals surface area contributed by atoms with Crippen LogP contribution in [0.3, 0.4) is 0 Å². The van der Waals surface area contributed by atoms with Crippen molar-refractivity contribution in [3.63, 3.8) is 0 Å². The quantitative estimate of drug-likeness (QED) is 0.932. The second-order valence-electron chi connectivity index (χ2n) is 5.72. The summed E-state index contributed by atoms with van der Waals surface area (Å²) < 4.78 is 0. The maximum atomic E-state index is 11.8. The van der Waals surface area contributed by atoms with Crippen molar-refractivity contribution in [1.29, 1.82) is 0 Å². The molecule has 104 valence electrons. The molecule has 0 unspecified atom stereocenters. The highest BCUT2D eigenvalue weighted by Gasteiger charge is 2.13. The number of hydrogen-bond acceptors (Lipinski definition) is 3. The fourth-order valence-electron chi connectivity index (χ4n) is 1.81. The monoisotopic (exact) mass is 269 g/mol. The molecule has 0 saturated heterocycles. The SMILES string of the molecule is CC(C)(C)c1ccc(CNC(=O)c2cnccn2)cc1. The maximum absolute atomic E-state index is 11.8. The van der Waals surface area contributed by atoms with Crippen LogP contribution in [0.15, 0.2) is 42.9 Å². The van der Waals surface area contributed by atoms with Gasteiger partial charge >= 0.3 is 0 Å². The number of rotatable bonds is 3. The van der Waals surface area contributed by atoms with E-state index in [1.807, 2.05) is 12.1 Å². The highest BCUT2D eigenvalue weighted by molar-refractivity contribution is 5.91. The Balaban J connectivity index is 1.96. The average Bonchev–Trinajstić information content (AvgIpc) is 2.45. The van der Waals surface area contributed by atoms with E-state index in [4.69, 9.17) is 0 Å². The Bertz CT molecular complexity index is 571. The maximum Gasteiger partial charge on any atom is 0.271 e. The van der Waals surface area contributed by atoms with Gasteiger partial charge in [0.2, 0.25) is 0 Å². The van der Waals surface area contributed by atoms with E-state index in [0.29, 0.717) is 12.2 Å². The van der Waals surface area contributed by atoms with Crippen molar-refractivity contribution in [2.45, 2.75) is 32.7 Å². The summed E-state index contributed by atoms with van der Waals surface area (Å²) in [7, 11) is 0. The van der Waals surface area contributed by atoms with Crippen molar-refractivity contribution in [2.75, 3.05) is 0 Å². The number of benzene rings is 1. The summed E-state index contributed by atoms with van der Waals surface area (Å²) >= 11 is 0. The Morgan fingerprint density at radius 1 is 1.15 bits per heavy atom. The van der Waals surface area contributed by atoms with Crippen molar-refractivity contribution >= 4 is 5.91 Å². The normalized spacial score (nSPS) is 11.2. The lowest BCUT2D eigenvalue weighted by molar-refractivity contribution is 0.0945. The van der Waals surface area contributed by atoms with Gasteiger partial charge in [-0.3, -0.25) is 9.78 Å². The van der Waals surface area contributed by atoms with Crippen LogP contribution in [-0.2, 0) is 12.0 Å². The fourth-order valence-corrected chi connectivity index (χ4v) is 1.81. The standard InChI is InChI=1S/C16H19N3O/c1-16(2,3)13-6-4-12(5-7-13)10-19-15(20)14-11-17-8-9-18-14/h4-9,11H,10H2,1-3H3,(H,19,20). The lowest BCUT2D eigenvalue weighted by Gasteiger charge is -2.19. The van der Waals surface area contributed by atoms with Crippen molar-refractivity contribution in [3.8, 4) is 0 Å². The molecular weight excluding hydrogens is 250 g/mol. The van der Waals surface area contributed by atoms with E-state index in [9.17, 15) is 4.79 Å². The average molecular weight is 269 g/mol. The number of carbonyl (C=O) groups excluding carboxylic acids is 1. The minimum atomic E-state index is -0.210. The molecule has 0 aliphatic heterocycles. The van der Waals surface area contributed by atoms with E-state index in [-0.39, 0.29) is 11.3 Å². The summed E-state index contributed by atoms with van der Waals surface area (Å²) in [5.74, 6) is -0.210. The van der Waals surface area contributed by atoms with Gasteiger partial charge in [-0.15, -0.1) is 0 Å². The van der Waals surface area contributed by atoms with Gasteiger partial charge in [0.05, 0.1) is 6.20 Å². The van der Waals surface area contributed by atoms with E-state index in [1.54, 1.807) is 6.20 Å². The van der Waals surface area contributed by atoms with Crippen molar-refractivity contribution in [2.24, 2.45) is 0 Å². The molecule has 20 heavy (non-hydrogen) atoms. The molecule has 1 amide bonds. The van der Waals surface area contributed by atoms with E-state index >= 15 is 0 Å². The number of amides is 1. The van der Waals surface area contributed by atoms with Crippen LogP contribution in [0, 0.1) is 0 Å². The summed E-state index contributed by atoms with van der Waals surface area (Å²) in [5, 5.41) is 2.83. The molecule has 0 aliphatic carbocycles. The largest absolute Gasteiger partial charge is 0.347 e. The Morgan fingerprint density at radius 3 is 2.40 bits per heavy atom. The Morgan fingerprint density at radius 2 is 1.85 bits per heavy atom. The van der Waals surface area contributed by atoms with E-state index in [0.717, 1.165) is 5.56 Å². The Kier molecular flexibility index (Phi) is 4.13. The lowest BCUT2D eigenvalue weighted by Crippen LogP contribution is -2.24. The third-order valence-corrected chi connectivity index (χ3v) is 3.07. The highest BCUT2D eigenvalue weighted by atomic mass is 16.1. The Hall–Kier alpha value is -2.23. The van der Waals surface area contributed by atoms with Gasteiger partial charge in [-0.05, 0) is 16.5 Å². The summed E-state index contributed by atoms with van der Waals surface area (Å²) in [6, 6.07) is 8.28. The second kappa shape index (κ2) is 5.82. The summed E-state index contributed by atoms with van der Waals surface area (Å²) in [6.45, 7) is 7.02. The summed E-state index contributed by atoms with van der Waals surface area (Å²) in [5.41, 5.74) is 2.82. The molecule has 1 heterocycles. The molecule has 0 bridgehead atoms. The van der Waals surface area contributed by atoms with E-state index in [2.05, 4.69) is 48.2 Å². The zero-order valence-corrected chi connectivity index (χ0v) is 12.1. The van der Waals surface area contributed by atoms with Gasteiger partial charge in [0.1, 0.15) is 5.69 Å². The van der Waals surface area contributed by atoms with Crippen LogP contribution in [0.25, 0.3) is 0 Å². The minimum absolute atomic E-state index is 0.140. The molecule has 0 saturated carbocycles. The van der Waals surface area contributed by atoms with Crippen molar-refractivity contribution in [3.05, 3.63) is 59.7 Å².